The van der Waals surface area contributed by atoms with Crippen molar-refractivity contribution < 1.29 is 28.7 Å². The van der Waals surface area contributed by atoms with Gasteiger partial charge in [0.05, 0.1) is 54.8 Å². The van der Waals surface area contributed by atoms with Crippen LogP contribution in [0.15, 0.2) is 41.9 Å². The van der Waals surface area contributed by atoms with Crippen LogP contribution >= 0.6 is 11.3 Å². The fraction of sp³-hybridized carbons (Fsp3) is 0.629. The van der Waals surface area contributed by atoms with E-state index in [-0.39, 0.29) is 54.7 Å². The van der Waals surface area contributed by atoms with Crippen molar-refractivity contribution in [2.24, 2.45) is 17.6 Å². The van der Waals surface area contributed by atoms with E-state index in [1.54, 1.807) is 46.2 Å². The number of likely N-dealkylation sites (N-methyl/N-ethyl adjacent to an activating group) is 1. The van der Waals surface area contributed by atoms with Gasteiger partial charge in [0.2, 0.25) is 23.6 Å². The Bertz CT molecular complexity index is 1370. The fourth-order valence-electron chi connectivity index (χ4n) is 6.66. The van der Waals surface area contributed by atoms with Gasteiger partial charge < -0.3 is 35.6 Å². The minimum absolute atomic E-state index is 0.0776. The topological polar surface area (TPSA) is 156 Å². The number of carbonyl (C=O) groups excluding carboxylic acids is 4. The molecule has 2 aromatic rings. The van der Waals surface area contributed by atoms with Crippen LogP contribution in [0, 0.1) is 11.8 Å². The van der Waals surface area contributed by atoms with E-state index < -0.39 is 29.6 Å². The Kier molecular flexibility index (Phi) is 13.1. The van der Waals surface area contributed by atoms with Crippen LogP contribution in [-0.4, -0.2) is 103 Å². The number of nitrogens with two attached hydrogens (primary N) is 1. The third-order valence-corrected chi connectivity index (χ3v) is 10.4. The van der Waals surface area contributed by atoms with Crippen LogP contribution in [0.5, 0.6) is 0 Å². The Morgan fingerprint density at radius 3 is 2.42 bits per heavy atom. The lowest BCUT2D eigenvalue weighted by molar-refractivity contribution is -0.145. The molecule has 1 aliphatic carbocycles. The van der Waals surface area contributed by atoms with E-state index in [4.69, 9.17) is 15.2 Å². The second kappa shape index (κ2) is 16.8. The molecule has 1 aromatic heterocycles. The molecule has 4 N–H and O–H groups in total. The maximum absolute atomic E-state index is 13.9. The quantitative estimate of drug-likeness (QED) is 0.230. The number of amides is 4. The molecular formula is C35H52N6O6S. The van der Waals surface area contributed by atoms with E-state index in [9.17, 15) is 19.2 Å². The third kappa shape index (κ3) is 9.61. The van der Waals surface area contributed by atoms with Crippen molar-refractivity contribution in [2.45, 2.75) is 95.2 Å². The van der Waals surface area contributed by atoms with Crippen molar-refractivity contribution in [2.75, 3.05) is 34.4 Å². The zero-order valence-electron chi connectivity index (χ0n) is 29.0. The highest BCUT2D eigenvalue weighted by Crippen LogP contribution is 2.38. The molecule has 0 spiro atoms. The summed E-state index contributed by atoms with van der Waals surface area (Å²) in [5, 5.41) is 8.55. The minimum atomic E-state index is -1.11. The van der Waals surface area contributed by atoms with Gasteiger partial charge in [0.15, 0.2) is 0 Å². The molecule has 13 heteroatoms. The van der Waals surface area contributed by atoms with E-state index in [1.807, 2.05) is 47.5 Å². The predicted molar refractivity (Wildman–Crippen MR) is 184 cm³/mol. The molecule has 1 saturated carbocycles. The molecule has 6 unspecified atom stereocenters. The van der Waals surface area contributed by atoms with Gasteiger partial charge in [-0.1, -0.05) is 37.3 Å². The summed E-state index contributed by atoms with van der Waals surface area (Å²) in [6.07, 6.45) is 4.71. The van der Waals surface area contributed by atoms with Gasteiger partial charge >= 0.3 is 0 Å². The number of likely N-dealkylation sites (tertiary alicyclic amines) is 1. The number of nitrogens with one attached hydrogen (secondary N) is 2. The Morgan fingerprint density at radius 1 is 1.12 bits per heavy atom. The number of carbonyl (C=O) groups is 4. The van der Waals surface area contributed by atoms with Gasteiger partial charge in [-0.15, -0.1) is 11.3 Å². The van der Waals surface area contributed by atoms with Crippen LogP contribution in [0.2, 0.25) is 0 Å². The Balaban J connectivity index is 1.42. The van der Waals surface area contributed by atoms with Crippen molar-refractivity contribution >= 4 is 35.0 Å². The van der Waals surface area contributed by atoms with Gasteiger partial charge in [-0.25, -0.2) is 4.98 Å². The summed E-state index contributed by atoms with van der Waals surface area (Å²) in [6.45, 7) is 5.36. The van der Waals surface area contributed by atoms with Crippen molar-refractivity contribution in [3.05, 3.63) is 52.5 Å². The lowest BCUT2D eigenvalue weighted by atomic mass is 9.93. The molecule has 1 aliphatic heterocycles. The van der Waals surface area contributed by atoms with E-state index in [0.29, 0.717) is 19.4 Å². The number of ether oxygens (including phenoxy) is 2. The highest BCUT2D eigenvalue weighted by atomic mass is 32.1. The molecule has 1 saturated heterocycles. The average Bonchev–Trinajstić information content (AvgIpc) is 3.51. The molecular weight excluding hydrogens is 632 g/mol. The molecule has 2 heterocycles. The Morgan fingerprint density at radius 2 is 1.83 bits per heavy atom. The molecule has 1 aromatic carbocycles. The maximum atomic E-state index is 13.9. The summed E-state index contributed by atoms with van der Waals surface area (Å²) in [5.74, 6) is -1.30. The number of rotatable bonds is 17. The lowest BCUT2D eigenvalue weighted by Gasteiger charge is -2.37. The second-order valence-corrected chi connectivity index (χ2v) is 14.5. The van der Waals surface area contributed by atoms with Crippen LogP contribution < -0.4 is 16.4 Å². The summed E-state index contributed by atoms with van der Waals surface area (Å²) in [5.41, 5.74) is 5.85. The van der Waals surface area contributed by atoms with Crippen LogP contribution in [0.4, 0.5) is 0 Å². The van der Waals surface area contributed by atoms with E-state index >= 15 is 0 Å². The second-order valence-electron chi connectivity index (χ2n) is 13.6. The number of nitrogens with zero attached hydrogens (tertiary/aromatic N) is 3. The zero-order valence-corrected chi connectivity index (χ0v) is 29.8. The lowest BCUT2D eigenvalue weighted by Crippen LogP contribution is -2.55. The number of aromatic nitrogens is 1. The zero-order chi connectivity index (χ0) is 35.0. The molecule has 2 fully saturated rings. The highest BCUT2D eigenvalue weighted by Gasteiger charge is 2.45. The SMILES string of the molecule is COC(CC(=O)N1CCCC1C(OC)C(C)C(=O)NC(Cc1ccccc1)c1nccs1)C(C1CC1)N(C)C(=O)CNC(=O)C(C)(C)N. The van der Waals surface area contributed by atoms with Crippen LogP contribution in [0.25, 0.3) is 0 Å². The van der Waals surface area contributed by atoms with Gasteiger partial charge in [-0.3, -0.25) is 19.2 Å². The summed E-state index contributed by atoms with van der Waals surface area (Å²) in [6, 6.07) is 9.07. The number of methoxy groups -OCH3 is 2. The van der Waals surface area contributed by atoms with E-state index in [0.717, 1.165) is 29.8 Å². The van der Waals surface area contributed by atoms with Crippen molar-refractivity contribution in [1.82, 2.24) is 25.4 Å². The van der Waals surface area contributed by atoms with E-state index in [1.165, 1.54) is 11.3 Å². The normalized spacial score (nSPS) is 19.6. The summed E-state index contributed by atoms with van der Waals surface area (Å²) in [4.78, 5) is 61.0. The highest BCUT2D eigenvalue weighted by molar-refractivity contribution is 7.09. The van der Waals surface area contributed by atoms with Gasteiger partial charge in [-0.2, -0.15) is 0 Å². The van der Waals surface area contributed by atoms with Crippen molar-refractivity contribution in [3.63, 3.8) is 0 Å². The molecule has 0 bridgehead atoms. The minimum Gasteiger partial charge on any atom is -0.379 e. The molecule has 264 valence electrons. The van der Waals surface area contributed by atoms with Crippen LogP contribution in [0.3, 0.4) is 0 Å². The number of thiazole rings is 1. The van der Waals surface area contributed by atoms with Gasteiger partial charge in [0.25, 0.3) is 0 Å². The Labute approximate surface area is 288 Å². The molecule has 6 atom stereocenters. The number of benzene rings is 1. The van der Waals surface area contributed by atoms with Crippen LogP contribution in [-0.2, 0) is 35.1 Å². The monoisotopic (exact) mass is 684 g/mol. The molecule has 2 aliphatic rings. The van der Waals surface area contributed by atoms with Gasteiger partial charge in [0.1, 0.15) is 5.01 Å². The first-order valence-electron chi connectivity index (χ1n) is 16.8. The van der Waals surface area contributed by atoms with Crippen molar-refractivity contribution in [1.29, 1.82) is 0 Å². The first-order chi connectivity index (χ1) is 22.8. The number of hydrogen-bond acceptors (Lipinski definition) is 9. The average molecular weight is 685 g/mol. The van der Waals surface area contributed by atoms with E-state index in [2.05, 4.69) is 15.6 Å². The van der Waals surface area contributed by atoms with Gasteiger partial charge in [-0.05, 0) is 57.4 Å². The largest absolute Gasteiger partial charge is 0.379 e. The maximum Gasteiger partial charge on any atom is 0.242 e. The van der Waals surface area contributed by atoms with Crippen LogP contribution in [0.1, 0.15) is 69.5 Å². The molecule has 4 amide bonds. The smallest absolute Gasteiger partial charge is 0.242 e. The first kappa shape index (κ1) is 37.4. The predicted octanol–water partition coefficient (Wildman–Crippen LogP) is 2.68. The molecule has 48 heavy (non-hydrogen) atoms. The summed E-state index contributed by atoms with van der Waals surface area (Å²) < 4.78 is 11.8. The summed E-state index contributed by atoms with van der Waals surface area (Å²) in [7, 11) is 4.84. The Hall–Kier alpha value is -3.39. The summed E-state index contributed by atoms with van der Waals surface area (Å²) >= 11 is 1.50. The number of hydrogen-bond donors (Lipinski definition) is 3. The molecule has 4 rings (SSSR count). The first-order valence-corrected chi connectivity index (χ1v) is 17.6. The standard InChI is InChI=1S/C35H52N6O6S/c1-22(32(44)39-25(33-37-16-18-48-33)19-23-11-8-7-9-12-23)31(47-6)26-13-10-17-41(26)28(42)20-27(46-5)30(24-14-15-24)40(4)29(43)21-38-34(45)35(2,3)36/h7-9,11-12,16,18,22,24-27,30-31H,10,13-15,17,19-21,36H2,1-6H3,(H,38,45)(H,39,44). The molecule has 0 radical (unpaired) electrons. The van der Waals surface area contributed by atoms with Gasteiger partial charge in [0, 0.05) is 39.4 Å². The fourth-order valence-corrected chi connectivity index (χ4v) is 7.35. The van der Waals surface area contributed by atoms with Crippen molar-refractivity contribution in [3.8, 4) is 0 Å². The molecule has 12 nitrogen and oxygen atoms in total. The third-order valence-electron chi connectivity index (χ3n) is 9.52.